The summed E-state index contributed by atoms with van der Waals surface area (Å²) in [5, 5.41) is 9.09. The van der Waals surface area contributed by atoms with Crippen LogP contribution >= 0.6 is 0 Å². The Bertz CT molecular complexity index is 251. The van der Waals surface area contributed by atoms with Crippen LogP contribution in [0.2, 0.25) is 0 Å². The van der Waals surface area contributed by atoms with Gasteiger partial charge in [0.2, 0.25) is 0 Å². The molecule has 1 aromatic carbocycles. The number of benzene rings is 1. The van der Waals surface area contributed by atoms with E-state index in [1.54, 1.807) is 12.1 Å². The molecule has 0 aromatic heterocycles. The molecule has 0 saturated heterocycles. The highest BCUT2D eigenvalue weighted by atomic mass is 16.3. The highest BCUT2D eigenvalue weighted by Crippen LogP contribution is 2.11. The normalized spacial score (nSPS) is 10.6. The summed E-state index contributed by atoms with van der Waals surface area (Å²) in [5.41, 5.74) is 1.14. The first kappa shape index (κ1) is 7.86. The lowest BCUT2D eigenvalue weighted by Gasteiger charge is -1.95. The van der Waals surface area contributed by atoms with E-state index >= 15 is 0 Å². The van der Waals surface area contributed by atoms with E-state index in [0.29, 0.717) is 5.75 Å². The highest BCUT2D eigenvalue weighted by Gasteiger charge is 1.89. The lowest BCUT2D eigenvalue weighted by molar-refractivity contribution is 0.474. The van der Waals surface area contributed by atoms with Crippen LogP contribution in [0.1, 0.15) is 12.5 Å². The zero-order chi connectivity index (χ0) is 8.10. The molecule has 0 bridgehead atoms. The predicted octanol–water partition coefficient (Wildman–Crippen LogP) is 2.51. The van der Waals surface area contributed by atoms with Gasteiger partial charge in [0.15, 0.2) is 0 Å². The second-order valence-electron chi connectivity index (χ2n) is 2.44. The van der Waals surface area contributed by atoms with Gasteiger partial charge in [-0.25, -0.2) is 0 Å². The molecule has 1 aromatic rings. The topological polar surface area (TPSA) is 20.2 Å². The van der Waals surface area contributed by atoms with Crippen molar-refractivity contribution in [2.75, 3.05) is 0 Å². The van der Waals surface area contributed by atoms with E-state index in [-0.39, 0.29) is 0 Å². The van der Waals surface area contributed by atoms with Gasteiger partial charge >= 0.3 is 0 Å². The van der Waals surface area contributed by atoms with Crippen LogP contribution < -0.4 is 0 Å². The number of phenolic OH excluding ortho intramolecular Hbond substituents is 1. The van der Waals surface area contributed by atoms with E-state index in [1.165, 1.54) is 0 Å². The van der Waals surface area contributed by atoms with Gasteiger partial charge in [0.1, 0.15) is 5.75 Å². The van der Waals surface area contributed by atoms with Gasteiger partial charge in [-0.3, -0.25) is 0 Å². The molecule has 1 nitrogen and oxygen atoms in total. The van der Waals surface area contributed by atoms with E-state index in [9.17, 15) is 0 Å². The monoisotopic (exact) mass is 148 g/mol. The minimum Gasteiger partial charge on any atom is -0.508 e. The van der Waals surface area contributed by atoms with E-state index < -0.39 is 0 Å². The molecule has 0 aliphatic carbocycles. The molecule has 11 heavy (non-hydrogen) atoms. The number of allylic oxidation sites excluding steroid dienone is 2. The van der Waals surface area contributed by atoms with Crippen LogP contribution in [-0.2, 0) is 6.42 Å². The summed E-state index contributed by atoms with van der Waals surface area (Å²) in [5.74, 6) is 0.340. The molecule has 0 spiro atoms. The molecule has 1 heteroatoms. The Balaban J connectivity index is 2.71. The molecule has 0 atom stereocenters. The second-order valence-corrected chi connectivity index (χ2v) is 2.44. The van der Waals surface area contributed by atoms with Gasteiger partial charge in [0.25, 0.3) is 0 Å². The first-order valence-electron chi connectivity index (χ1n) is 3.72. The highest BCUT2D eigenvalue weighted by molar-refractivity contribution is 5.28. The third-order valence-electron chi connectivity index (χ3n) is 1.50. The fourth-order valence-electron chi connectivity index (χ4n) is 0.937. The Morgan fingerprint density at radius 3 is 2.91 bits per heavy atom. The molecule has 0 unspecified atom stereocenters. The van der Waals surface area contributed by atoms with Crippen molar-refractivity contribution in [1.82, 2.24) is 0 Å². The molecule has 0 aliphatic heterocycles. The average molecular weight is 148 g/mol. The van der Waals surface area contributed by atoms with Crippen molar-refractivity contribution in [3.8, 4) is 5.75 Å². The molecule has 0 saturated carbocycles. The molecule has 1 N–H and O–H groups in total. The SMILES string of the molecule is CC=CCc1cccc(O)c1. The Hall–Kier alpha value is -1.24. The van der Waals surface area contributed by atoms with Gasteiger partial charge in [0.05, 0.1) is 0 Å². The number of rotatable bonds is 2. The first-order valence-corrected chi connectivity index (χ1v) is 3.72. The molecule has 0 amide bonds. The fraction of sp³-hybridized carbons (Fsp3) is 0.200. The van der Waals surface area contributed by atoms with Gasteiger partial charge in [0, 0.05) is 0 Å². The molecule has 1 rings (SSSR count). The van der Waals surface area contributed by atoms with Crippen molar-refractivity contribution < 1.29 is 5.11 Å². The van der Waals surface area contributed by atoms with Crippen molar-refractivity contribution in [2.24, 2.45) is 0 Å². The standard InChI is InChI=1S/C10H12O/c1-2-3-5-9-6-4-7-10(11)8-9/h2-4,6-8,11H,5H2,1H3. The van der Waals surface area contributed by atoms with E-state index in [4.69, 9.17) is 5.11 Å². The predicted molar refractivity (Wildman–Crippen MR) is 46.6 cm³/mol. The second kappa shape index (κ2) is 3.81. The Labute approximate surface area is 67.0 Å². The third-order valence-corrected chi connectivity index (χ3v) is 1.50. The van der Waals surface area contributed by atoms with Crippen LogP contribution in [0.4, 0.5) is 0 Å². The van der Waals surface area contributed by atoms with Crippen LogP contribution in [0.25, 0.3) is 0 Å². The smallest absolute Gasteiger partial charge is 0.115 e. The number of phenols is 1. The van der Waals surface area contributed by atoms with E-state index in [1.807, 2.05) is 25.1 Å². The maximum atomic E-state index is 9.09. The number of hydrogen-bond donors (Lipinski definition) is 1. The van der Waals surface area contributed by atoms with Gasteiger partial charge in [-0.15, -0.1) is 0 Å². The average Bonchev–Trinajstić information content (AvgIpc) is 2.01. The van der Waals surface area contributed by atoms with Gasteiger partial charge in [-0.2, -0.15) is 0 Å². The summed E-state index contributed by atoms with van der Waals surface area (Å²) >= 11 is 0. The van der Waals surface area contributed by atoms with Gasteiger partial charge in [-0.05, 0) is 31.0 Å². The summed E-state index contributed by atoms with van der Waals surface area (Å²) in [6, 6.07) is 7.31. The lowest BCUT2D eigenvalue weighted by atomic mass is 10.1. The summed E-state index contributed by atoms with van der Waals surface area (Å²) in [6.45, 7) is 1.99. The van der Waals surface area contributed by atoms with Crippen molar-refractivity contribution in [2.45, 2.75) is 13.3 Å². The van der Waals surface area contributed by atoms with E-state index in [2.05, 4.69) is 6.08 Å². The van der Waals surface area contributed by atoms with Crippen LogP contribution in [0.3, 0.4) is 0 Å². The van der Waals surface area contributed by atoms with Crippen molar-refractivity contribution in [3.63, 3.8) is 0 Å². The number of aromatic hydroxyl groups is 1. The largest absolute Gasteiger partial charge is 0.508 e. The maximum absolute atomic E-state index is 9.09. The fourth-order valence-corrected chi connectivity index (χ4v) is 0.937. The molecule has 58 valence electrons. The minimum absolute atomic E-state index is 0.340. The molecular formula is C10H12O. The minimum atomic E-state index is 0.340. The lowest BCUT2D eigenvalue weighted by Crippen LogP contribution is -1.78. The van der Waals surface area contributed by atoms with E-state index in [0.717, 1.165) is 12.0 Å². The van der Waals surface area contributed by atoms with Crippen LogP contribution in [0.5, 0.6) is 5.75 Å². The number of hydrogen-bond acceptors (Lipinski definition) is 1. The summed E-state index contributed by atoms with van der Waals surface area (Å²) in [4.78, 5) is 0. The molecular weight excluding hydrogens is 136 g/mol. The Morgan fingerprint density at radius 2 is 2.27 bits per heavy atom. The molecule has 0 radical (unpaired) electrons. The van der Waals surface area contributed by atoms with Crippen molar-refractivity contribution in [3.05, 3.63) is 42.0 Å². The molecule has 0 heterocycles. The summed E-state index contributed by atoms with van der Waals surface area (Å²) in [7, 11) is 0. The summed E-state index contributed by atoms with van der Waals surface area (Å²) in [6.07, 6.45) is 4.96. The van der Waals surface area contributed by atoms with Crippen LogP contribution in [-0.4, -0.2) is 5.11 Å². The van der Waals surface area contributed by atoms with Crippen LogP contribution in [0, 0.1) is 0 Å². The zero-order valence-electron chi connectivity index (χ0n) is 6.62. The summed E-state index contributed by atoms with van der Waals surface area (Å²) < 4.78 is 0. The Kier molecular flexibility index (Phi) is 2.73. The van der Waals surface area contributed by atoms with Gasteiger partial charge < -0.3 is 5.11 Å². The van der Waals surface area contributed by atoms with Crippen molar-refractivity contribution in [1.29, 1.82) is 0 Å². The van der Waals surface area contributed by atoms with Crippen LogP contribution in [0.15, 0.2) is 36.4 Å². The van der Waals surface area contributed by atoms with Gasteiger partial charge in [-0.1, -0.05) is 24.3 Å². The quantitative estimate of drug-likeness (QED) is 0.639. The maximum Gasteiger partial charge on any atom is 0.115 e. The Morgan fingerprint density at radius 1 is 1.45 bits per heavy atom. The molecule has 0 fully saturated rings. The first-order chi connectivity index (χ1) is 5.33. The zero-order valence-corrected chi connectivity index (χ0v) is 6.62. The third kappa shape index (κ3) is 2.46. The molecule has 0 aliphatic rings. The van der Waals surface area contributed by atoms with Crippen molar-refractivity contribution >= 4 is 0 Å².